The van der Waals surface area contributed by atoms with E-state index in [0.29, 0.717) is 11.4 Å². The molecule has 0 unspecified atom stereocenters. The lowest BCUT2D eigenvalue weighted by Gasteiger charge is -2.40. The Labute approximate surface area is 279 Å². The monoisotopic (exact) mass is 615 g/mol. The molecule has 0 aromatic heterocycles. The number of fused-ring (bicyclic) bond motifs is 9. The lowest BCUT2D eigenvalue weighted by atomic mass is 9.65. The molecular weight excluding hydrogens is 587 g/mol. The van der Waals surface area contributed by atoms with Crippen LogP contribution in [0.4, 0.5) is 0 Å². The summed E-state index contributed by atoms with van der Waals surface area (Å²) in [5.41, 5.74) is 11.8. The maximum absolute atomic E-state index is 9.72. The van der Waals surface area contributed by atoms with Crippen molar-refractivity contribution in [3.05, 3.63) is 196 Å². The SMILES string of the molecule is N#Cc1cccc(C2=N/C(c3cccc4c3Oc3ccccc3C43c4ccccc4-c4ccccc43)=C\CCC(c3ccccc3)=N2)c1. The highest BCUT2D eigenvalue weighted by Crippen LogP contribution is 2.62. The highest BCUT2D eigenvalue weighted by atomic mass is 16.5. The van der Waals surface area contributed by atoms with Gasteiger partial charge < -0.3 is 4.74 Å². The summed E-state index contributed by atoms with van der Waals surface area (Å²) in [4.78, 5) is 10.5. The van der Waals surface area contributed by atoms with Gasteiger partial charge in [0.25, 0.3) is 0 Å². The van der Waals surface area contributed by atoms with Gasteiger partial charge in [-0.25, -0.2) is 9.98 Å². The molecule has 1 aliphatic carbocycles. The third-order valence-electron chi connectivity index (χ3n) is 9.69. The number of hydrogen-bond acceptors (Lipinski definition) is 4. The molecule has 0 atom stereocenters. The lowest BCUT2D eigenvalue weighted by molar-refractivity contribution is 0.435. The summed E-state index contributed by atoms with van der Waals surface area (Å²) in [5, 5.41) is 9.72. The van der Waals surface area contributed by atoms with E-state index in [1.165, 1.54) is 22.3 Å². The molecule has 9 rings (SSSR count). The van der Waals surface area contributed by atoms with Crippen molar-refractivity contribution in [1.29, 1.82) is 5.26 Å². The van der Waals surface area contributed by atoms with E-state index in [0.717, 1.165) is 63.6 Å². The van der Waals surface area contributed by atoms with Crippen LogP contribution in [0.1, 0.15) is 57.3 Å². The molecule has 6 aromatic carbocycles. The summed E-state index contributed by atoms with van der Waals surface area (Å²) in [7, 11) is 0. The van der Waals surface area contributed by atoms with Crippen LogP contribution in [0.3, 0.4) is 0 Å². The van der Waals surface area contributed by atoms with Crippen molar-refractivity contribution < 1.29 is 4.74 Å². The first-order chi connectivity index (χ1) is 23.8. The molecule has 4 heteroatoms. The van der Waals surface area contributed by atoms with Gasteiger partial charge in [-0.05, 0) is 64.9 Å². The van der Waals surface area contributed by atoms with Gasteiger partial charge in [0.1, 0.15) is 11.5 Å². The van der Waals surface area contributed by atoms with Crippen molar-refractivity contribution in [2.24, 2.45) is 9.98 Å². The minimum absolute atomic E-state index is 0.554. The number of nitriles is 1. The number of aliphatic imine (C=N–C) groups is 2. The molecule has 226 valence electrons. The van der Waals surface area contributed by atoms with E-state index in [9.17, 15) is 5.26 Å². The summed E-state index contributed by atoms with van der Waals surface area (Å²) >= 11 is 0. The van der Waals surface area contributed by atoms with Crippen LogP contribution >= 0.6 is 0 Å². The topological polar surface area (TPSA) is 57.7 Å². The van der Waals surface area contributed by atoms with Gasteiger partial charge in [0.2, 0.25) is 0 Å². The molecule has 0 saturated heterocycles. The fourth-order valence-electron chi connectivity index (χ4n) is 7.66. The van der Waals surface area contributed by atoms with Gasteiger partial charge in [0.15, 0.2) is 5.84 Å². The van der Waals surface area contributed by atoms with Crippen molar-refractivity contribution in [3.63, 3.8) is 0 Å². The number of rotatable bonds is 3. The van der Waals surface area contributed by atoms with Crippen LogP contribution < -0.4 is 4.74 Å². The van der Waals surface area contributed by atoms with Crippen LogP contribution in [0.25, 0.3) is 16.8 Å². The van der Waals surface area contributed by atoms with E-state index in [1.807, 2.05) is 42.5 Å². The van der Waals surface area contributed by atoms with E-state index in [1.54, 1.807) is 6.07 Å². The van der Waals surface area contributed by atoms with E-state index in [-0.39, 0.29) is 0 Å². The zero-order valence-corrected chi connectivity index (χ0v) is 26.1. The first-order valence-electron chi connectivity index (χ1n) is 16.3. The Bertz CT molecular complexity index is 2350. The van der Waals surface area contributed by atoms with Crippen LogP contribution in [-0.2, 0) is 5.41 Å². The molecule has 4 nitrogen and oxygen atoms in total. The third-order valence-corrected chi connectivity index (χ3v) is 9.69. The molecule has 48 heavy (non-hydrogen) atoms. The van der Waals surface area contributed by atoms with Crippen LogP contribution in [-0.4, -0.2) is 11.5 Å². The average Bonchev–Trinajstić information content (AvgIpc) is 3.43. The Balaban J connectivity index is 1.29. The molecule has 3 aliphatic rings. The largest absolute Gasteiger partial charge is 0.456 e. The average molecular weight is 616 g/mol. The first kappa shape index (κ1) is 28.0. The summed E-state index contributed by atoms with van der Waals surface area (Å²) < 4.78 is 6.93. The van der Waals surface area contributed by atoms with E-state index < -0.39 is 5.41 Å². The Morgan fingerprint density at radius 2 is 1.21 bits per heavy atom. The standard InChI is InChI=1S/C44H29N3O/c45-28-29-13-10-16-31(27-29)43-46-39(30-14-2-1-3-15-30)24-12-25-40(47-43)34-19-11-23-38-42(34)48-41-26-9-8-22-37(41)44(38)35-20-6-4-17-32(35)33-18-5-7-21-36(33)44/h1-11,13-23,25-27H,12,24H2/b40-25-,46-39?,47-43?. The number of amidine groups is 1. The van der Waals surface area contributed by atoms with Crippen molar-refractivity contribution in [1.82, 2.24) is 0 Å². The molecule has 6 aromatic rings. The number of benzene rings is 6. The molecule has 0 radical (unpaired) electrons. The zero-order valence-electron chi connectivity index (χ0n) is 26.1. The second-order valence-corrected chi connectivity index (χ2v) is 12.3. The predicted molar refractivity (Wildman–Crippen MR) is 192 cm³/mol. The fraction of sp³-hybridized carbons (Fsp3) is 0.0682. The number of ether oxygens (including phenoxy) is 1. The third kappa shape index (κ3) is 4.22. The molecule has 0 amide bonds. The Morgan fingerprint density at radius 1 is 0.583 bits per heavy atom. The van der Waals surface area contributed by atoms with Crippen molar-refractivity contribution in [3.8, 4) is 28.7 Å². The summed E-state index contributed by atoms with van der Waals surface area (Å²) in [6, 6.07) is 52.4. The lowest BCUT2D eigenvalue weighted by Crippen LogP contribution is -2.32. The minimum atomic E-state index is -0.554. The van der Waals surface area contributed by atoms with Gasteiger partial charge in [-0.3, -0.25) is 0 Å². The van der Waals surface area contributed by atoms with Gasteiger partial charge in [-0.15, -0.1) is 0 Å². The molecule has 0 saturated carbocycles. The predicted octanol–water partition coefficient (Wildman–Crippen LogP) is 10.1. The van der Waals surface area contributed by atoms with Crippen LogP contribution in [0.5, 0.6) is 11.5 Å². The number of para-hydroxylation sites is 2. The fourth-order valence-corrected chi connectivity index (χ4v) is 7.66. The van der Waals surface area contributed by atoms with Crippen LogP contribution in [0, 0.1) is 11.3 Å². The van der Waals surface area contributed by atoms with E-state index >= 15 is 0 Å². The van der Waals surface area contributed by atoms with Crippen molar-refractivity contribution in [2.45, 2.75) is 18.3 Å². The molecule has 0 N–H and O–H groups in total. The van der Waals surface area contributed by atoms with Gasteiger partial charge in [-0.1, -0.05) is 127 Å². The molecule has 0 bridgehead atoms. The number of hydrogen-bond donors (Lipinski definition) is 0. The second kappa shape index (κ2) is 11.2. The van der Waals surface area contributed by atoms with Crippen molar-refractivity contribution >= 4 is 17.2 Å². The van der Waals surface area contributed by atoms with Crippen LogP contribution in [0.15, 0.2) is 162 Å². The number of nitrogens with zero attached hydrogens (tertiary/aromatic N) is 3. The molecular formula is C44H29N3O. The highest BCUT2D eigenvalue weighted by molar-refractivity contribution is 6.14. The summed E-state index contributed by atoms with van der Waals surface area (Å²) in [5.74, 6) is 2.21. The first-order valence-corrected chi connectivity index (χ1v) is 16.3. The second-order valence-electron chi connectivity index (χ2n) is 12.3. The Hall–Kier alpha value is -6.31. The van der Waals surface area contributed by atoms with Gasteiger partial charge >= 0.3 is 0 Å². The molecule has 1 spiro atoms. The number of allylic oxidation sites excluding steroid dienone is 1. The Morgan fingerprint density at radius 3 is 1.98 bits per heavy atom. The van der Waals surface area contributed by atoms with Crippen LogP contribution in [0.2, 0.25) is 0 Å². The summed E-state index contributed by atoms with van der Waals surface area (Å²) in [6.45, 7) is 0. The molecule has 2 aliphatic heterocycles. The maximum Gasteiger partial charge on any atom is 0.160 e. The normalized spacial score (nSPS) is 16.3. The highest BCUT2D eigenvalue weighted by Gasteiger charge is 2.51. The van der Waals surface area contributed by atoms with Crippen molar-refractivity contribution in [2.75, 3.05) is 0 Å². The van der Waals surface area contributed by atoms with E-state index in [4.69, 9.17) is 14.7 Å². The smallest absolute Gasteiger partial charge is 0.160 e. The molecule has 0 fully saturated rings. The zero-order chi connectivity index (χ0) is 32.1. The van der Waals surface area contributed by atoms with Gasteiger partial charge in [-0.2, -0.15) is 5.26 Å². The van der Waals surface area contributed by atoms with E-state index in [2.05, 4.69) is 109 Å². The maximum atomic E-state index is 9.72. The minimum Gasteiger partial charge on any atom is -0.456 e. The summed E-state index contributed by atoms with van der Waals surface area (Å²) in [6.07, 6.45) is 3.71. The quantitative estimate of drug-likeness (QED) is 0.199. The Kier molecular flexibility index (Phi) is 6.52. The van der Waals surface area contributed by atoms with Gasteiger partial charge in [0, 0.05) is 22.3 Å². The van der Waals surface area contributed by atoms with Gasteiger partial charge in [0.05, 0.1) is 28.5 Å². The molecule has 2 heterocycles.